The minimum Gasteiger partial charge on any atom is -0.361 e. The summed E-state index contributed by atoms with van der Waals surface area (Å²) < 4.78 is 6.82. The molecule has 0 bridgehead atoms. The third-order valence-corrected chi connectivity index (χ3v) is 4.57. The number of anilines is 1. The number of pyridine rings is 1. The molecule has 1 aliphatic rings. The van der Waals surface area contributed by atoms with E-state index in [1.165, 1.54) is 0 Å². The van der Waals surface area contributed by atoms with Gasteiger partial charge in [-0.3, -0.25) is 15.0 Å². The molecule has 1 fully saturated rings. The van der Waals surface area contributed by atoms with Crippen LogP contribution < -0.4 is 5.32 Å². The number of rotatable bonds is 3. The molecule has 0 unspecified atom stereocenters. The summed E-state index contributed by atoms with van der Waals surface area (Å²) in [5.41, 5.74) is 2.47. The lowest BCUT2D eigenvalue weighted by Gasteiger charge is -2.23. The van der Waals surface area contributed by atoms with E-state index in [0.29, 0.717) is 12.4 Å². The van der Waals surface area contributed by atoms with Gasteiger partial charge in [0.1, 0.15) is 17.3 Å². The van der Waals surface area contributed by atoms with E-state index in [9.17, 15) is 4.79 Å². The van der Waals surface area contributed by atoms with Gasteiger partial charge in [0.2, 0.25) is 0 Å². The van der Waals surface area contributed by atoms with Crippen LogP contribution in [0.15, 0.2) is 41.2 Å². The minimum absolute atomic E-state index is 0.0570. The maximum absolute atomic E-state index is 12.8. The second-order valence-corrected chi connectivity index (χ2v) is 6.42. The number of aromatic nitrogens is 4. The Hall–Kier alpha value is -3.16. The van der Waals surface area contributed by atoms with Gasteiger partial charge in [0.15, 0.2) is 0 Å². The van der Waals surface area contributed by atoms with Crippen molar-refractivity contribution in [3.63, 3.8) is 0 Å². The second-order valence-electron chi connectivity index (χ2n) is 6.42. The number of nitrogens with one attached hydrogen (secondary N) is 1. The van der Waals surface area contributed by atoms with E-state index in [-0.39, 0.29) is 12.1 Å². The van der Waals surface area contributed by atoms with Crippen LogP contribution in [0.5, 0.6) is 0 Å². The lowest BCUT2D eigenvalue weighted by molar-refractivity contribution is 0.204. The quantitative estimate of drug-likeness (QED) is 0.782. The van der Waals surface area contributed by atoms with E-state index in [1.54, 1.807) is 29.0 Å². The molecule has 8 nitrogen and oxygen atoms in total. The van der Waals surface area contributed by atoms with Crippen molar-refractivity contribution in [2.24, 2.45) is 7.05 Å². The third kappa shape index (κ3) is 3.05. The fraction of sp³-hybridized carbons (Fsp3) is 0.333. The molecule has 4 heterocycles. The average Bonchev–Trinajstić information content (AvgIpc) is 3.36. The molecular formula is C18H20N6O2. The molecule has 0 radical (unpaired) electrons. The van der Waals surface area contributed by atoms with Crippen molar-refractivity contribution in [2.45, 2.75) is 25.8 Å². The number of amides is 2. The fourth-order valence-corrected chi connectivity index (χ4v) is 3.28. The molecule has 0 spiro atoms. The zero-order valence-corrected chi connectivity index (χ0v) is 14.7. The van der Waals surface area contributed by atoms with Gasteiger partial charge in [-0.05, 0) is 31.9 Å². The van der Waals surface area contributed by atoms with Crippen molar-refractivity contribution < 1.29 is 9.32 Å². The first kappa shape index (κ1) is 16.3. The number of hydrogen-bond donors (Lipinski definition) is 1. The second kappa shape index (κ2) is 6.62. The van der Waals surface area contributed by atoms with Crippen LogP contribution in [0.25, 0.3) is 11.3 Å². The molecule has 1 saturated heterocycles. The zero-order valence-electron chi connectivity index (χ0n) is 14.7. The molecule has 3 aromatic rings. The molecule has 1 aliphatic heterocycles. The van der Waals surface area contributed by atoms with E-state index >= 15 is 0 Å². The Balaban J connectivity index is 1.52. The van der Waals surface area contributed by atoms with E-state index < -0.39 is 0 Å². The van der Waals surface area contributed by atoms with Crippen molar-refractivity contribution in [1.82, 2.24) is 24.8 Å². The van der Waals surface area contributed by atoms with Crippen LogP contribution in [0, 0.1) is 6.92 Å². The number of carbonyl (C=O) groups is 1. The number of likely N-dealkylation sites (tertiary alicyclic amines) is 1. The lowest BCUT2D eigenvalue weighted by atomic mass is 10.1. The van der Waals surface area contributed by atoms with Crippen LogP contribution in [0.1, 0.15) is 30.3 Å². The van der Waals surface area contributed by atoms with E-state index in [2.05, 4.69) is 20.6 Å². The summed E-state index contributed by atoms with van der Waals surface area (Å²) in [5, 5.41) is 11.5. The number of aryl methyl sites for hydroxylation is 2. The van der Waals surface area contributed by atoms with Gasteiger partial charge in [-0.2, -0.15) is 5.10 Å². The fourth-order valence-electron chi connectivity index (χ4n) is 3.28. The summed E-state index contributed by atoms with van der Waals surface area (Å²) in [5.74, 6) is 1.39. The molecule has 0 aromatic carbocycles. The summed E-state index contributed by atoms with van der Waals surface area (Å²) in [6.45, 7) is 2.54. The number of nitrogens with zero attached hydrogens (tertiary/aromatic N) is 5. The first-order chi connectivity index (χ1) is 12.6. The van der Waals surface area contributed by atoms with Gasteiger partial charge in [0.05, 0.1) is 11.7 Å². The van der Waals surface area contributed by atoms with E-state index in [0.717, 1.165) is 35.6 Å². The molecule has 3 aromatic heterocycles. The van der Waals surface area contributed by atoms with E-state index in [4.69, 9.17) is 4.52 Å². The zero-order chi connectivity index (χ0) is 18.1. The predicted molar refractivity (Wildman–Crippen MR) is 95.4 cm³/mol. The Morgan fingerprint density at radius 3 is 3.00 bits per heavy atom. The Bertz CT molecular complexity index is 917. The molecule has 0 saturated carbocycles. The van der Waals surface area contributed by atoms with Gasteiger partial charge in [-0.15, -0.1) is 0 Å². The molecule has 0 aliphatic carbocycles. The first-order valence-corrected chi connectivity index (χ1v) is 8.57. The normalized spacial score (nSPS) is 16.8. The smallest absolute Gasteiger partial charge is 0.323 e. The summed E-state index contributed by atoms with van der Waals surface area (Å²) in [7, 11) is 1.80. The number of carbonyl (C=O) groups excluding carboxylic acids is 1. The summed E-state index contributed by atoms with van der Waals surface area (Å²) in [6.07, 6.45) is 5.29. The van der Waals surface area contributed by atoms with Gasteiger partial charge in [0, 0.05) is 43.7 Å². The highest BCUT2D eigenvalue weighted by molar-refractivity contribution is 5.89. The Kier molecular flexibility index (Phi) is 4.16. The molecule has 8 heteroatoms. The van der Waals surface area contributed by atoms with Crippen LogP contribution in [0.3, 0.4) is 0 Å². The molecular weight excluding hydrogens is 332 g/mol. The van der Waals surface area contributed by atoms with Crippen LogP contribution in [-0.2, 0) is 7.05 Å². The van der Waals surface area contributed by atoms with Crippen LogP contribution in [0.4, 0.5) is 10.6 Å². The third-order valence-electron chi connectivity index (χ3n) is 4.57. The monoisotopic (exact) mass is 352 g/mol. The molecule has 1 N–H and O–H groups in total. The highest BCUT2D eigenvalue weighted by atomic mass is 16.5. The Labute approximate surface area is 150 Å². The van der Waals surface area contributed by atoms with Gasteiger partial charge in [-0.25, -0.2) is 4.79 Å². The first-order valence-electron chi connectivity index (χ1n) is 8.57. The van der Waals surface area contributed by atoms with Crippen LogP contribution in [0.2, 0.25) is 0 Å². The number of urea groups is 1. The lowest BCUT2D eigenvalue weighted by Crippen LogP contribution is -2.35. The van der Waals surface area contributed by atoms with Crippen LogP contribution in [-0.4, -0.2) is 37.4 Å². The van der Waals surface area contributed by atoms with Crippen molar-refractivity contribution in [3.05, 3.63) is 48.1 Å². The average molecular weight is 352 g/mol. The molecule has 1 atom stereocenters. The SMILES string of the molecule is Cc1cc([C@@H]2CCCN2C(=O)Nc2cc(-c3cccnc3)nn2C)no1. The maximum atomic E-state index is 12.8. The highest BCUT2D eigenvalue weighted by Crippen LogP contribution is 2.32. The van der Waals surface area contributed by atoms with Crippen LogP contribution >= 0.6 is 0 Å². The summed E-state index contributed by atoms with van der Waals surface area (Å²) in [6, 6.07) is 7.31. The highest BCUT2D eigenvalue weighted by Gasteiger charge is 2.32. The molecule has 134 valence electrons. The topological polar surface area (TPSA) is 89.1 Å². The summed E-state index contributed by atoms with van der Waals surface area (Å²) in [4.78, 5) is 18.7. The van der Waals surface area contributed by atoms with Gasteiger partial charge < -0.3 is 9.42 Å². The predicted octanol–water partition coefficient (Wildman–Crippen LogP) is 3.15. The molecule has 2 amide bonds. The van der Waals surface area contributed by atoms with Gasteiger partial charge >= 0.3 is 6.03 Å². The Morgan fingerprint density at radius 1 is 1.38 bits per heavy atom. The molecule has 4 rings (SSSR count). The van der Waals surface area contributed by atoms with Crippen molar-refractivity contribution in [3.8, 4) is 11.3 Å². The molecule has 26 heavy (non-hydrogen) atoms. The van der Waals surface area contributed by atoms with Gasteiger partial charge in [-0.1, -0.05) is 5.16 Å². The minimum atomic E-state index is -0.158. The summed E-state index contributed by atoms with van der Waals surface area (Å²) >= 11 is 0. The Morgan fingerprint density at radius 2 is 2.27 bits per heavy atom. The van der Waals surface area contributed by atoms with E-state index in [1.807, 2.05) is 31.2 Å². The van der Waals surface area contributed by atoms with Crippen molar-refractivity contribution in [1.29, 1.82) is 0 Å². The van der Waals surface area contributed by atoms with Crippen molar-refractivity contribution >= 4 is 11.8 Å². The van der Waals surface area contributed by atoms with Crippen molar-refractivity contribution in [2.75, 3.05) is 11.9 Å². The standard InChI is InChI=1S/C18H20N6O2/c1-12-9-15(22-26-12)16-6-4-8-24(16)18(25)20-17-10-14(21-23(17)2)13-5-3-7-19-11-13/h3,5,7,9-11,16H,4,6,8H2,1-2H3,(H,20,25)/t16-/m0/s1. The largest absolute Gasteiger partial charge is 0.361 e. The van der Waals surface area contributed by atoms with Gasteiger partial charge in [0.25, 0.3) is 0 Å². The number of hydrogen-bond acceptors (Lipinski definition) is 5. The maximum Gasteiger partial charge on any atom is 0.323 e.